The standard InChI is InChI=1S/C29H34ClN5O/c1-21-6-3-4-7-22(21)11-14-26-25(28(36)34-18-16-33(2)17-19-34)20-31-29(32-26)35-15-5-8-27(35)23-9-12-24(30)13-10-23/h3-4,6-7,9-10,12-13,20,27H,5,8,11,14-19H2,1-2H3/t27-/m1/s1. The number of hydrogen-bond donors (Lipinski definition) is 0. The summed E-state index contributed by atoms with van der Waals surface area (Å²) >= 11 is 6.13. The number of anilines is 1. The van der Waals surface area contributed by atoms with E-state index in [1.165, 1.54) is 16.7 Å². The summed E-state index contributed by atoms with van der Waals surface area (Å²) in [4.78, 5) is 29.8. The fraction of sp³-hybridized carbons (Fsp3) is 0.414. The summed E-state index contributed by atoms with van der Waals surface area (Å²) in [5.74, 6) is 0.757. The van der Waals surface area contributed by atoms with Gasteiger partial charge in [0.05, 0.1) is 17.3 Å². The summed E-state index contributed by atoms with van der Waals surface area (Å²) < 4.78 is 0. The highest BCUT2D eigenvalue weighted by atomic mass is 35.5. The number of nitrogens with zero attached hydrogens (tertiary/aromatic N) is 5. The molecule has 3 heterocycles. The zero-order valence-electron chi connectivity index (χ0n) is 21.2. The van der Waals surface area contributed by atoms with Crippen LogP contribution in [0.15, 0.2) is 54.7 Å². The smallest absolute Gasteiger partial charge is 0.257 e. The van der Waals surface area contributed by atoms with Gasteiger partial charge in [0.2, 0.25) is 5.95 Å². The lowest BCUT2D eigenvalue weighted by atomic mass is 10.0. The van der Waals surface area contributed by atoms with Gasteiger partial charge in [-0.1, -0.05) is 48.0 Å². The third-order valence-corrected chi connectivity index (χ3v) is 7.78. The summed E-state index contributed by atoms with van der Waals surface area (Å²) in [6, 6.07) is 16.7. The van der Waals surface area contributed by atoms with Crippen molar-refractivity contribution in [1.82, 2.24) is 19.8 Å². The number of halogens is 1. The maximum Gasteiger partial charge on any atom is 0.257 e. The van der Waals surface area contributed by atoms with E-state index < -0.39 is 0 Å². The fourth-order valence-corrected chi connectivity index (χ4v) is 5.40. The number of carbonyl (C=O) groups is 1. The second-order valence-electron chi connectivity index (χ2n) is 9.96. The maximum atomic E-state index is 13.6. The topological polar surface area (TPSA) is 52.6 Å². The molecule has 36 heavy (non-hydrogen) atoms. The van der Waals surface area contributed by atoms with Crippen LogP contribution in [0.5, 0.6) is 0 Å². The number of aromatic nitrogens is 2. The van der Waals surface area contributed by atoms with Crippen LogP contribution in [-0.2, 0) is 12.8 Å². The lowest BCUT2D eigenvalue weighted by molar-refractivity contribution is 0.0662. The highest BCUT2D eigenvalue weighted by Crippen LogP contribution is 2.35. The molecule has 7 heteroatoms. The normalized spacial score (nSPS) is 18.6. The van der Waals surface area contributed by atoms with Crippen molar-refractivity contribution in [2.45, 2.75) is 38.6 Å². The van der Waals surface area contributed by atoms with Gasteiger partial charge in [-0.05, 0) is 68.5 Å². The Bertz CT molecular complexity index is 1210. The van der Waals surface area contributed by atoms with Gasteiger partial charge >= 0.3 is 0 Å². The Balaban J connectivity index is 1.45. The second kappa shape index (κ2) is 11.0. The molecule has 2 aliphatic rings. The monoisotopic (exact) mass is 503 g/mol. The Kier molecular flexibility index (Phi) is 7.54. The lowest BCUT2D eigenvalue weighted by Gasteiger charge is -2.33. The van der Waals surface area contributed by atoms with Gasteiger partial charge in [0.1, 0.15) is 0 Å². The predicted octanol–water partition coefficient (Wildman–Crippen LogP) is 4.95. The minimum Gasteiger partial charge on any atom is -0.336 e. The summed E-state index contributed by atoms with van der Waals surface area (Å²) in [5, 5.41) is 0.741. The van der Waals surface area contributed by atoms with Crippen molar-refractivity contribution in [3.05, 3.63) is 87.7 Å². The zero-order valence-corrected chi connectivity index (χ0v) is 21.9. The van der Waals surface area contributed by atoms with Gasteiger partial charge in [0, 0.05) is 43.9 Å². The number of piperazine rings is 1. The molecule has 188 valence electrons. The van der Waals surface area contributed by atoms with Crippen LogP contribution in [0.4, 0.5) is 5.95 Å². The van der Waals surface area contributed by atoms with Crippen molar-refractivity contribution < 1.29 is 4.79 Å². The Labute approximate surface area is 218 Å². The highest BCUT2D eigenvalue weighted by molar-refractivity contribution is 6.30. The number of benzene rings is 2. The molecule has 2 aromatic carbocycles. The molecule has 0 radical (unpaired) electrons. The molecule has 0 spiro atoms. The first-order chi connectivity index (χ1) is 17.5. The van der Waals surface area contributed by atoms with Gasteiger partial charge in [0.25, 0.3) is 5.91 Å². The molecule has 6 nitrogen and oxygen atoms in total. The highest BCUT2D eigenvalue weighted by Gasteiger charge is 2.30. The van der Waals surface area contributed by atoms with Crippen molar-refractivity contribution in [2.75, 3.05) is 44.7 Å². The van der Waals surface area contributed by atoms with Crippen molar-refractivity contribution in [2.24, 2.45) is 0 Å². The molecule has 2 aliphatic heterocycles. The van der Waals surface area contributed by atoms with Crippen LogP contribution in [0.25, 0.3) is 0 Å². The molecule has 1 atom stereocenters. The lowest BCUT2D eigenvalue weighted by Crippen LogP contribution is -2.47. The quantitative estimate of drug-likeness (QED) is 0.476. The van der Waals surface area contributed by atoms with Crippen molar-refractivity contribution in [1.29, 1.82) is 0 Å². The van der Waals surface area contributed by atoms with E-state index in [0.717, 1.165) is 62.7 Å². The maximum absolute atomic E-state index is 13.6. The van der Waals surface area contributed by atoms with Gasteiger partial charge in [-0.2, -0.15) is 0 Å². The third-order valence-electron chi connectivity index (χ3n) is 7.53. The van der Waals surface area contributed by atoms with E-state index in [2.05, 4.69) is 60.2 Å². The molecular formula is C29H34ClN5O. The van der Waals surface area contributed by atoms with Crippen LogP contribution < -0.4 is 4.90 Å². The Morgan fingerprint density at radius 1 is 1.00 bits per heavy atom. The second-order valence-corrected chi connectivity index (χ2v) is 10.4. The number of amides is 1. The van der Waals surface area contributed by atoms with Crippen LogP contribution in [-0.4, -0.2) is 65.4 Å². The van der Waals surface area contributed by atoms with Gasteiger partial charge in [-0.15, -0.1) is 0 Å². The summed E-state index contributed by atoms with van der Waals surface area (Å²) in [6.07, 6.45) is 5.44. The van der Waals surface area contributed by atoms with Gasteiger partial charge < -0.3 is 14.7 Å². The third kappa shape index (κ3) is 5.40. The van der Waals surface area contributed by atoms with Crippen LogP contribution in [0.3, 0.4) is 0 Å². The minimum atomic E-state index is 0.0464. The van der Waals surface area contributed by atoms with Crippen LogP contribution in [0, 0.1) is 6.92 Å². The SMILES string of the molecule is Cc1ccccc1CCc1nc(N2CCC[C@@H]2c2ccc(Cl)cc2)ncc1C(=O)N1CCN(C)CC1. The van der Waals surface area contributed by atoms with E-state index >= 15 is 0 Å². The number of aryl methyl sites for hydroxylation is 3. The van der Waals surface area contributed by atoms with E-state index in [9.17, 15) is 4.79 Å². The Hall–Kier alpha value is -2.96. The van der Waals surface area contributed by atoms with E-state index in [-0.39, 0.29) is 11.9 Å². The number of hydrogen-bond acceptors (Lipinski definition) is 5. The molecule has 1 aromatic heterocycles. The van der Waals surface area contributed by atoms with E-state index in [1.54, 1.807) is 6.20 Å². The molecule has 5 rings (SSSR count). The zero-order chi connectivity index (χ0) is 25.1. The molecular weight excluding hydrogens is 470 g/mol. The Morgan fingerprint density at radius 2 is 1.75 bits per heavy atom. The first-order valence-corrected chi connectivity index (χ1v) is 13.3. The van der Waals surface area contributed by atoms with Gasteiger partial charge in [-0.25, -0.2) is 9.97 Å². The molecule has 0 aliphatic carbocycles. The molecule has 2 fully saturated rings. The predicted molar refractivity (Wildman–Crippen MR) is 145 cm³/mol. The van der Waals surface area contributed by atoms with Crippen LogP contribution >= 0.6 is 11.6 Å². The van der Waals surface area contributed by atoms with Gasteiger partial charge in [0.15, 0.2) is 0 Å². The van der Waals surface area contributed by atoms with Crippen molar-refractivity contribution >= 4 is 23.5 Å². The first-order valence-electron chi connectivity index (χ1n) is 12.9. The minimum absolute atomic E-state index is 0.0464. The Morgan fingerprint density at radius 3 is 2.50 bits per heavy atom. The molecule has 0 saturated carbocycles. The van der Waals surface area contributed by atoms with E-state index in [0.29, 0.717) is 17.9 Å². The largest absolute Gasteiger partial charge is 0.336 e. The molecule has 1 amide bonds. The van der Waals surface area contributed by atoms with Crippen LogP contribution in [0.1, 0.15) is 51.6 Å². The van der Waals surface area contributed by atoms with Crippen LogP contribution in [0.2, 0.25) is 5.02 Å². The molecule has 2 saturated heterocycles. The first kappa shape index (κ1) is 24.7. The fourth-order valence-electron chi connectivity index (χ4n) is 5.28. The number of rotatable bonds is 6. The molecule has 3 aromatic rings. The summed E-state index contributed by atoms with van der Waals surface area (Å²) in [6.45, 7) is 6.28. The van der Waals surface area contributed by atoms with E-state index in [4.69, 9.17) is 21.6 Å². The van der Waals surface area contributed by atoms with Crippen molar-refractivity contribution in [3.8, 4) is 0 Å². The summed E-state index contributed by atoms with van der Waals surface area (Å²) in [7, 11) is 2.10. The molecule has 0 bridgehead atoms. The average molecular weight is 504 g/mol. The number of likely N-dealkylation sites (N-methyl/N-ethyl adjacent to an activating group) is 1. The summed E-state index contributed by atoms with van der Waals surface area (Å²) in [5.41, 5.74) is 5.25. The molecule has 0 unspecified atom stereocenters. The molecule has 0 N–H and O–H groups in total. The average Bonchev–Trinajstić information content (AvgIpc) is 3.39. The van der Waals surface area contributed by atoms with Crippen molar-refractivity contribution in [3.63, 3.8) is 0 Å². The van der Waals surface area contributed by atoms with Gasteiger partial charge in [-0.3, -0.25) is 4.79 Å². The van der Waals surface area contributed by atoms with E-state index in [1.807, 2.05) is 17.0 Å². The number of carbonyl (C=O) groups excluding carboxylic acids is 1.